The van der Waals surface area contributed by atoms with Crippen molar-refractivity contribution in [2.24, 2.45) is 5.73 Å². The number of carbonyl (C=O) groups excluding carboxylic acids is 2. The maximum absolute atomic E-state index is 11.3. The van der Waals surface area contributed by atoms with Crippen LogP contribution in [0.4, 0.5) is 0 Å². The number of aryl methyl sites for hydroxylation is 1. The van der Waals surface area contributed by atoms with E-state index in [1.54, 1.807) is 0 Å². The van der Waals surface area contributed by atoms with Gasteiger partial charge >= 0.3 is 0 Å². The van der Waals surface area contributed by atoms with E-state index in [2.05, 4.69) is 20.5 Å². The number of nitrogens with zero attached hydrogens (tertiary/aromatic N) is 2. The fourth-order valence-corrected chi connectivity index (χ4v) is 0.992. The summed E-state index contributed by atoms with van der Waals surface area (Å²) in [7, 11) is 0. The van der Waals surface area contributed by atoms with Crippen molar-refractivity contribution >= 4 is 11.8 Å². The molecule has 0 aliphatic heterocycles. The third-order valence-corrected chi connectivity index (χ3v) is 1.64. The molecule has 7 heteroatoms. The number of rotatable bonds is 5. The van der Waals surface area contributed by atoms with Gasteiger partial charge in [-0.2, -0.15) is 0 Å². The molecule has 0 unspecified atom stereocenters. The van der Waals surface area contributed by atoms with Gasteiger partial charge in [0.2, 0.25) is 11.7 Å². The standard InChI is InChI=1S/C8H13N5O2/c1-2-3-6-11-7(13-12-6)8(15)10-4-5(9)14/h2-4H2,1H3,(H2,9,14)(H,10,15)(H,11,12,13). The van der Waals surface area contributed by atoms with Crippen LogP contribution >= 0.6 is 0 Å². The highest BCUT2D eigenvalue weighted by atomic mass is 16.2. The lowest BCUT2D eigenvalue weighted by molar-refractivity contribution is -0.117. The van der Waals surface area contributed by atoms with Crippen molar-refractivity contribution < 1.29 is 9.59 Å². The van der Waals surface area contributed by atoms with Crippen molar-refractivity contribution in [3.63, 3.8) is 0 Å². The van der Waals surface area contributed by atoms with E-state index in [9.17, 15) is 9.59 Å². The zero-order valence-electron chi connectivity index (χ0n) is 8.41. The average Bonchev–Trinajstić information content (AvgIpc) is 2.63. The molecule has 1 heterocycles. The first-order valence-corrected chi connectivity index (χ1v) is 4.61. The minimum atomic E-state index is -0.604. The number of carbonyl (C=O) groups is 2. The number of nitrogens with one attached hydrogen (secondary N) is 2. The molecule has 15 heavy (non-hydrogen) atoms. The summed E-state index contributed by atoms with van der Waals surface area (Å²) >= 11 is 0. The molecular formula is C8H13N5O2. The van der Waals surface area contributed by atoms with Crippen LogP contribution in [0.25, 0.3) is 0 Å². The van der Waals surface area contributed by atoms with Crippen LogP contribution in [0, 0.1) is 0 Å². The first-order valence-electron chi connectivity index (χ1n) is 4.61. The third kappa shape index (κ3) is 3.37. The van der Waals surface area contributed by atoms with Gasteiger partial charge < -0.3 is 11.1 Å². The van der Waals surface area contributed by atoms with Gasteiger partial charge in [0, 0.05) is 6.42 Å². The molecule has 82 valence electrons. The van der Waals surface area contributed by atoms with Gasteiger partial charge in [-0.05, 0) is 6.42 Å². The SMILES string of the molecule is CCCc1nc(C(=O)NCC(N)=O)n[nH]1. The second kappa shape index (κ2) is 5.08. The van der Waals surface area contributed by atoms with Crippen molar-refractivity contribution in [1.29, 1.82) is 0 Å². The van der Waals surface area contributed by atoms with Gasteiger partial charge in [-0.3, -0.25) is 14.7 Å². The van der Waals surface area contributed by atoms with E-state index in [4.69, 9.17) is 5.73 Å². The third-order valence-electron chi connectivity index (χ3n) is 1.64. The lowest BCUT2D eigenvalue weighted by Gasteiger charge is -1.96. The highest BCUT2D eigenvalue weighted by Gasteiger charge is 2.11. The van der Waals surface area contributed by atoms with Crippen LogP contribution in [0.2, 0.25) is 0 Å². The van der Waals surface area contributed by atoms with Gasteiger partial charge in [0.25, 0.3) is 5.91 Å². The van der Waals surface area contributed by atoms with E-state index in [1.165, 1.54) is 0 Å². The van der Waals surface area contributed by atoms with Crippen LogP contribution in [0.1, 0.15) is 29.8 Å². The predicted molar refractivity (Wildman–Crippen MR) is 51.9 cm³/mol. The van der Waals surface area contributed by atoms with Crippen molar-refractivity contribution in [2.75, 3.05) is 6.54 Å². The Labute approximate surface area is 86.5 Å². The van der Waals surface area contributed by atoms with E-state index in [1.807, 2.05) is 6.92 Å². The van der Waals surface area contributed by atoms with Crippen molar-refractivity contribution in [3.8, 4) is 0 Å². The molecule has 1 aromatic heterocycles. The molecule has 4 N–H and O–H groups in total. The predicted octanol–water partition coefficient (Wildman–Crippen LogP) is -1.03. The summed E-state index contributed by atoms with van der Waals surface area (Å²) < 4.78 is 0. The molecule has 0 saturated carbocycles. The van der Waals surface area contributed by atoms with Gasteiger partial charge in [0.15, 0.2) is 0 Å². The molecule has 2 amide bonds. The fourth-order valence-electron chi connectivity index (χ4n) is 0.992. The highest BCUT2D eigenvalue weighted by Crippen LogP contribution is 1.96. The summed E-state index contributed by atoms with van der Waals surface area (Å²) in [4.78, 5) is 25.7. The molecule has 1 aromatic rings. The summed E-state index contributed by atoms with van der Waals surface area (Å²) in [5.74, 6) is -0.429. The van der Waals surface area contributed by atoms with E-state index < -0.39 is 11.8 Å². The normalized spacial score (nSPS) is 9.93. The molecule has 0 fully saturated rings. The van der Waals surface area contributed by atoms with Crippen molar-refractivity contribution in [3.05, 3.63) is 11.6 Å². The molecule has 0 aliphatic carbocycles. The Morgan fingerprint density at radius 1 is 1.53 bits per heavy atom. The van der Waals surface area contributed by atoms with E-state index in [0.717, 1.165) is 12.8 Å². The Morgan fingerprint density at radius 2 is 2.27 bits per heavy atom. The van der Waals surface area contributed by atoms with Gasteiger partial charge in [-0.1, -0.05) is 6.92 Å². The van der Waals surface area contributed by atoms with Crippen LogP contribution in [-0.2, 0) is 11.2 Å². The van der Waals surface area contributed by atoms with Gasteiger partial charge in [0.1, 0.15) is 5.82 Å². The van der Waals surface area contributed by atoms with Gasteiger partial charge in [-0.15, -0.1) is 5.10 Å². The average molecular weight is 211 g/mol. The number of hydrogen-bond acceptors (Lipinski definition) is 4. The molecule has 7 nitrogen and oxygen atoms in total. The molecule has 0 bridgehead atoms. The number of H-pyrrole nitrogens is 1. The maximum atomic E-state index is 11.3. The first kappa shape index (κ1) is 11.2. The van der Waals surface area contributed by atoms with E-state index in [0.29, 0.717) is 5.82 Å². The Bertz CT molecular complexity index is 360. The minimum absolute atomic E-state index is 0.0275. The van der Waals surface area contributed by atoms with Gasteiger partial charge in [0.05, 0.1) is 6.54 Å². The lowest BCUT2D eigenvalue weighted by Crippen LogP contribution is -2.33. The minimum Gasteiger partial charge on any atom is -0.368 e. The van der Waals surface area contributed by atoms with Crippen LogP contribution in [-0.4, -0.2) is 33.5 Å². The summed E-state index contributed by atoms with van der Waals surface area (Å²) in [6, 6.07) is 0. The summed E-state index contributed by atoms with van der Waals surface area (Å²) in [5, 5.41) is 8.64. The zero-order valence-corrected chi connectivity index (χ0v) is 8.41. The van der Waals surface area contributed by atoms with Crippen LogP contribution < -0.4 is 11.1 Å². The molecular weight excluding hydrogens is 198 g/mol. The second-order valence-corrected chi connectivity index (χ2v) is 3.00. The molecule has 0 radical (unpaired) electrons. The summed E-state index contributed by atoms with van der Waals surface area (Å²) in [5.41, 5.74) is 4.87. The molecule has 0 saturated heterocycles. The lowest BCUT2D eigenvalue weighted by atomic mass is 10.3. The van der Waals surface area contributed by atoms with Crippen LogP contribution in [0.5, 0.6) is 0 Å². The molecule has 0 aliphatic rings. The van der Waals surface area contributed by atoms with Gasteiger partial charge in [-0.25, -0.2) is 4.98 Å². The topological polar surface area (TPSA) is 114 Å². The molecule has 0 aromatic carbocycles. The first-order chi connectivity index (χ1) is 7.13. The second-order valence-electron chi connectivity index (χ2n) is 3.00. The number of hydrogen-bond donors (Lipinski definition) is 3. The molecule has 0 spiro atoms. The van der Waals surface area contributed by atoms with E-state index in [-0.39, 0.29) is 12.4 Å². The summed E-state index contributed by atoms with van der Waals surface area (Å²) in [6.07, 6.45) is 1.65. The number of aromatic amines is 1. The molecule has 0 atom stereocenters. The van der Waals surface area contributed by atoms with Crippen LogP contribution in [0.15, 0.2) is 0 Å². The quantitative estimate of drug-likeness (QED) is 0.577. The Balaban J connectivity index is 2.54. The number of nitrogens with two attached hydrogens (primary N) is 1. The molecule has 1 rings (SSSR count). The number of aromatic nitrogens is 3. The van der Waals surface area contributed by atoms with Crippen molar-refractivity contribution in [1.82, 2.24) is 20.5 Å². The fraction of sp³-hybridized carbons (Fsp3) is 0.500. The smallest absolute Gasteiger partial charge is 0.291 e. The largest absolute Gasteiger partial charge is 0.368 e. The number of primary amides is 1. The Hall–Kier alpha value is -1.92. The monoisotopic (exact) mass is 211 g/mol. The Morgan fingerprint density at radius 3 is 2.87 bits per heavy atom. The number of amides is 2. The van der Waals surface area contributed by atoms with Crippen LogP contribution in [0.3, 0.4) is 0 Å². The zero-order chi connectivity index (χ0) is 11.3. The Kier molecular flexibility index (Phi) is 3.78. The van der Waals surface area contributed by atoms with E-state index >= 15 is 0 Å². The van der Waals surface area contributed by atoms with Crippen molar-refractivity contribution in [2.45, 2.75) is 19.8 Å². The highest BCUT2D eigenvalue weighted by molar-refractivity contribution is 5.93. The summed E-state index contributed by atoms with van der Waals surface area (Å²) in [6.45, 7) is 1.78. The maximum Gasteiger partial charge on any atom is 0.291 e.